The molecule has 1 spiro atoms. The van der Waals surface area contributed by atoms with Crippen molar-refractivity contribution in [1.29, 1.82) is 0 Å². The molecule has 1 aliphatic carbocycles. The van der Waals surface area contributed by atoms with Crippen LogP contribution in [0.4, 0.5) is 0 Å². The van der Waals surface area contributed by atoms with Gasteiger partial charge in [0.05, 0.1) is 12.1 Å². The summed E-state index contributed by atoms with van der Waals surface area (Å²) in [5.41, 5.74) is 1.95. The molecule has 1 aliphatic heterocycles. The van der Waals surface area contributed by atoms with Crippen molar-refractivity contribution < 1.29 is 9.53 Å². The quantitative estimate of drug-likeness (QED) is 0.704. The third kappa shape index (κ3) is 3.57. The van der Waals surface area contributed by atoms with E-state index in [1.54, 1.807) is 13.2 Å². The number of carbonyl (C=O) groups excluding carboxylic acids is 1. The Labute approximate surface area is 176 Å². The molecule has 2 aromatic rings. The number of benzene rings is 1. The molecule has 0 radical (unpaired) electrons. The SMILES string of the molecule is CO[C@H]1[C@H](NC(=O)c2ccc[nH]c2=O)c2ccccc2C12CCNCC2.Cl.Cl. The molecule has 2 heterocycles. The van der Waals surface area contributed by atoms with Crippen LogP contribution in [0.25, 0.3) is 0 Å². The van der Waals surface area contributed by atoms with E-state index in [0.717, 1.165) is 31.5 Å². The van der Waals surface area contributed by atoms with Crippen LogP contribution in [-0.2, 0) is 10.2 Å². The fourth-order valence-corrected chi connectivity index (χ4v) is 4.62. The average Bonchev–Trinajstić information content (AvgIpc) is 2.92. The predicted molar refractivity (Wildman–Crippen MR) is 113 cm³/mol. The molecular weight excluding hydrogens is 401 g/mol. The molecule has 4 rings (SSSR count). The van der Waals surface area contributed by atoms with Crippen LogP contribution in [0.3, 0.4) is 0 Å². The first-order chi connectivity index (χ1) is 12.7. The molecular formula is C20H25Cl2N3O3. The van der Waals surface area contributed by atoms with Crippen LogP contribution in [0, 0.1) is 0 Å². The van der Waals surface area contributed by atoms with Crippen molar-refractivity contribution in [2.45, 2.75) is 30.4 Å². The first-order valence-electron chi connectivity index (χ1n) is 8.99. The van der Waals surface area contributed by atoms with E-state index < -0.39 is 0 Å². The lowest BCUT2D eigenvalue weighted by Gasteiger charge is -2.40. The van der Waals surface area contributed by atoms with Crippen LogP contribution in [0.1, 0.15) is 40.4 Å². The maximum absolute atomic E-state index is 12.8. The molecule has 28 heavy (non-hydrogen) atoms. The lowest BCUT2D eigenvalue weighted by atomic mass is 9.72. The zero-order chi connectivity index (χ0) is 18.1. The topological polar surface area (TPSA) is 83.2 Å². The van der Waals surface area contributed by atoms with E-state index in [1.165, 1.54) is 17.8 Å². The molecule has 1 aromatic heterocycles. The zero-order valence-corrected chi connectivity index (χ0v) is 17.2. The van der Waals surface area contributed by atoms with Crippen molar-refractivity contribution in [3.8, 4) is 0 Å². The molecule has 1 saturated heterocycles. The van der Waals surface area contributed by atoms with Gasteiger partial charge < -0.3 is 20.4 Å². The highest BCUT2D eigenvalue weighted by molar-refractivity contribution is 5.94. The van der Waals surface area contributed by atoms with Crippen molar-refractivity contribution in [3.63, 3.8) is 0 Å². The number of fused-ring (bicyclic) bond motifs is 2. The van der Waals surface area contributed by atoms with E-state index in [9.17, 15) is 9.59 Å². The highest BCUT2D eigenvalue weighted by Crippen LogP contribution is 2.51. The fourth-order valence-electron chi connectivity index (χ4n) is 4.62. The number of pyridine rings is 1. The summed E-state index contributed by atoms with van der Waals surface area (Å²) in [5, 5.41) is 6.47. The van der Waals surface area contributed by atoms with Gasteiger partial charge in [-0.2, -0.15) is 0 Å². The molecule has 6 nitrogen and oxygen atoms in total. The second-order valence-corrected chi connectivity index (χ2v) is 7.01. The minimum absolute atomic E-state index is 0. The number of ether oxygens (including phenoxy) is 1. The maximum Gasteiger partial charge on any atom is 0.260 e. The maximum atomic E-state index is 12.8. The summed E-state index contributed by atoms with van der Waals surface area (Å²) in [6.45, 7) is 1.85. The molecule has 2 aliphatic rings. The Morgan fingerprint density at radius 2 is 1.86 bits per heavy atom. The Kier molecular flexibility index (Phi) is 7.28. The second-order valence-electron chi connectivity index (χ2n) is 7.01. The van der Waals surface area contributed by atoms with Gasteiger partial charge in [-0.05, 0) is 49.2 Å². The molecule has 8 heteroatoms. The van der Waals surface area contributed by atoms with Crippen LogP contribution in [0.15, 0.2) is 47.4 Å². The monoisotopic (exact) mass is 425 g/mol. The number of hydrogen-bond donors (Lipinski definition) is 3. The summed E-state index contributed by atoms with van der Waals surface area (Å²) < 4.78 is 5.94. The predicted octanol–water partition coefficient (Wildman–Crippen LogP) is 2.34. The van der Waals surface area contributed by atoms with Gasteiger partial charge in [0.15, 0.2) is 0 Å². The Morgan fingerprint density at radius 3 is 2.54 bits per heavy atom. The summed E-state index contributed by atoms with van der Waals surface area (Å²) in [5.74, 6) is -0.375. The third-order valence-corrected chi connectivity index (χ3v) is 5.78. The number of piperidine rings is 1. The lowest BCUT2D eigenvalue weighted by molar-refractivity contribution is 0.00395. The van der Waals surface area contributed by atoms with Gasteiger partial charge in [0.1, 0.15) is 5.56 Å². The number of rotatable bonds is 3. The fraction of sp³-hybridized carbons (Fsp3) is 0.400. The van der Waals surface area contributed by atoms with Gasteiger partial charge >= 0.3 is 0 Å². The number of methoxy groups -OCH3 is 1. The average molecular weight is 426 g/mol. The van der Waals surface area contributed by atoms with Gasteiger partial charge in [-0.15, -0.1) is 24.8 Å². The second kappa shape index (κ2) is 9.09. The normalized spacial score (nSPS) is 21.9. The van der Waals surface area contributed by atoms with Gasteiger partial charge in [-0.3, -0.25) is 9.59 Å². The number of aromatic amines is 1. The van der Waals surface area contributed by atoms with Crippen molar-refractivity contribution >= 4 is 30.7 Å². The van der Waals surface area contributed by atoms with Gasteiger partial charge in [0.2, 0.25) is 0 Å². The van der Waals surface area contributed by atoms with E-state index in [2.05, 4.69) is 27.8 Å². The van der Waals surface area contributed by atoms with Crippen LogP contribution in [0.5, 0.6) is 0 Å². The smallest absolute Gasteiger partial charge is 0.260 e. The Balaban J connectivity index is 0.00000140. The third-order valence-electron chi connectivity index (χ3n) is 5.78. The Bertz CT molecular complexity index is 881. The van der Waals surface area contributed by atoms with Crippen molar-refractivity contribution in [1.82, 2.24) is 15.6 Å². The molecule has 0 saturated carbocycles. The molecule has 1 amide bonds. The molecule has 1 aromatic carbocycles. The van der Waals surface area contributed by atoms with Crippen LogP contribution >= 0.6 is 24.8 Å². The number of aromatic nitrogens is 1. The number of hydrogen-bond acceptors (Lipinski definition) is 4. The molecule has 3 N–H and O–H groups in total. The van der Waals surface area contributed by atoms with Gasteiger partial charge in [-0.1, -0.05) is 24.3 Å². The zero-order valence-electron chi connectivity index (χ0n) is 15.6. The summed E-state index contributed by atoms with van der Waals surface area (Å²) in [6.07, 6.45) is 3.28. The van der Waals surface area contributed by atoms with Crippen molar-refractivity contribution in [2.75, 3.05) is 20.2 Å². The van der Waals surface area contributed by atoms with Gasteiger partial charge in [0, 0.05) is 18.7 Å². The van der Waals surface area contributed by atoms with E-state index >= 15 is 0 Å². The largest absolute Gasteiger partial charge is 0.378 e. The van der Waals surface area contributed by atoms with Gasteiger partial charge in [-0.25, -0.2) is 0 Å². The molecule has 0 bridgehead atoms. The van der Waals surface area contributed by atoms with Crippen LogP contribution < -0.4 is 16.2 Å². The molecule has 152 valence electrons. The first kappa shape index (κ1) is 22.4. The summed E-state index contributed by atoms with van der Waals surface area (Å²) >= 11 is 0. The first-order valence-corrected chi connectivity index (χ1v) is 8.99. The number of carbonyl (C=O) groups is 1. The van der Waals surface area contributed by atoms with Crippen molar-refractivity contribution in [2.24, 2.45) is 0 Å². The Hall–Kier alpha value is -1.86. The Morgan fingerprint density at radius 1 is 1.14 bits per heavy atom. The number of H-pyrrole nitrogens is 1. The summed E-state index contributed by atoms with van der Waals surface area (Å²) in [4.78, 5) is 27.3. The molecule has 2 atom stereocenters. The van der Waals surface area contributed by atoms with Crippen LogP contribution in [-0.4, -0.2) is 37.2 Å². The minimum atomic E-state index is -0.387. The van der Waals surface area contributed by atoms with Crippen LogP contribution in [0.2, 0.25) is 0 Å². The number of halogens is 2. The highest BCUT2D eigenvalue weighted by atomic mass is 35.5. The van der Waals surface area contributed by atoms with Crippen molar-refractivity contribution in [3.05, 3.63) is 69.6 Å². The summed E-state index contributed by atoms with van der Waals surface area (Å²) in [6, 6.07) is 11.1. The molecule has 1 fully saturated rings. The van der Waals surface area contributed by atoms with E-state index in [-0.39, 0.29) is 59.4 Å². The number of amides is 1. The van der Waals surface area contributed by atoms with Gasteiger partial charge in [0.25, 0.3) is 11.5 Å². The standard InChI is InChI=1S/C20H23N3O3.2ClH/c1-26-17-16(23-19(25)14-6-4-10-22-18(14)24)13-5-2-3-7-15(13)20(17)8-11-21-12-9-20;;/h2-7,10,16-17,21H,8-9,11-12H2,1H3,(H,22,24)(H,23,25);2*1H/t16-,17+;;/m1../s1. The minimum Gasteiger partial charge on any atom is -0.378 e. The number of nitrogens with one attached hydrogen (secondary N) is 3. The summed E-state index contributed by atoms with van der Waals surface area (Å²) in [7, 11) is 1.70. The van der Waals surface area contributed by atoms with E-state index in [1.807, 2.05) is 12.1 Å². The van der Waals surface area contributed by atoms with E-state index in [0.29, 0.717) is 0 Å². The lowest BCUT2D eigenvalue weighted by Crippen LogP contribution is -2.49. The highest BCUT2D eigenvalue weighted by Gasteiger charge is 2.53. The van der Waals surface area contributed by atoms with E-state index in [4.69, 9.17) is 4.74 Å². The molecule has 0 unspecified atom stereocenters.